The number of halogens is 2. The van der Waals surface area contributed by atoms with Gasteiger partial charge in [-0.15, -0.1) is 0 Å². The van der Waals surface area contributed by atoms with Gasteiger partial charge in [-0.25, -0.2) is 4.39 Å². The Balaban J connectivity index is 2.20. The molecule has 0 amide bonds. The van der Waals surface area contributed by atoms with Crippen LogP contribution in [-0.4, -0.2) is 10.1 Å². The third kappa shape index (κ3) is 2.96. The summed E-state index contributed by atoms with van der Waals surface area (Å²) >= 11 is 6.13. The first-order valence-electron chi connectivity index (χ1n) is 7.62. The van der Waals surface area contributed by atoms with Crippen LogP contribution in [0.1, 0.15) is 28.5 Å². The van der Waals surface area contributed by atoms with E-state index >= 15 is 0 Å². The van der Waals surface area contributed by atoms with Crippen LogP contribution in [0.2, 0.25) is 5.02 Å². The molecule has 0 fully saturated rings. The second-order valence-corrected chi connectivity index (χ2v) is 6.11. The number of nitrogens with one attached hydrogen (secondary N) is 1. The van der Waals surface area contributed by atoms with Gasteiger partial charge in [0, 0.05) is 34.6 Å². The van der Waals surface area contributed by atoms with E-state index in [9.17, 15) is 9.50 Å². The Morgan fingerprint density at radius 2 is 1.96 bits per heavy atom. The molecule has 3 aromatic rings. The molecule has 3 nitrogen and oxygen atoms in total. The van der Waals surface area contributed by atoms with E-state index in [1.807, 2.05) is 19.2 Å². The number of nitrogens with two attached hydrogens (primary N) is 1. The highest BCUT2D eigenvalue weighted by atomic mass is 35.5. The Morgan fingerprint density at radius 3 is 2.67 bits per heavy atom. The molecule has 0 saturated carbocycles. The van der Waals surface area contributed by atoms with Gasteiger partial charge in [-0.05, 0) is 41.8 Å². The van der Waals surface area contributed by atoms with E-state index in [4.69, 9.17) is 17.3 Å². The van der Waals surface area contributed by atoms with Gasteiger partial charge in [0.15, 0.2) is 0 Å². The normalized spacial score (nSPS) is 12.4. The van der Waals surface area contributed by atoms with Gasteiger partial charge in [0.05, 0.1) is 0 Å². The maximum Gasteiger partial charge on any atom is 0.129 e. The highest BCUT2D eigenvalue weighted by Gasteiger charge is 2.21. The fourth-order valence-corrected chi connectivity index (χ4v) is 3.15. The molecule has 0 spiro atoms. The van der Waals surface area contributed by atoms with Crippen molar-refractivity contribution in [1.29, 1.82) is 0 Å². The molecule has 124 valence electrons. The van der Waals surface area contributed by atoms with Crippen LogP contribution in [0.4, 0.5) is 4.39 Å². The average molecular weight is 345 g/mol. The number of hydrogen-bond donors (Lipinski definition) is 3. The zero-order valence-corrected chi connectivity index (χ0v) is 13.9. The minimum atomic E-state index is -1.13. The number of aromatic nitrogens is 1. The maximum absolute atomic E-state index is 14.1. The van der Waals surface area contributed by atoms with Crippen LogP contribution in [0.15, 0.2) is 48.7 Å². The first-order chi connectivity index (χ1) is 11.5. The van der Waals surface area contributed by atoms with E-state index in [0.717, 1.165) is 22.4 Å². The van der Waals surface area contributed by atoms with Crippen molar-refractivity contribution in [2.45, 2.75) is 19.6 Å². The molecule has 0 aliphatic rings. The van der Waals surface area contributed by atoms with Crippen molar-refractivity contribution in [1.82, 2.24) is 4.98 Å². The zero-order chi connectivity index (χ0) is 17.3. The Bertz CT molecular complexity index is 876. The lowest BCUT2D eigenvalue weighted by Gasteiger charge is -2.18. The predicted molar refractivity (Wildman–Crippen MR) is 94.3 cm³/mol. The molecule has 0 aliphatic carbocycles. The summed E-state index contributed by atoms with van der Waals surface area (Å²) in [5.41, 5.74) is 10.1. The molecule has 1 aromatic heterocycles. The molecule has 2 aromatic carbocycles. The van der Waals surface area contributed by atoms with Gasteiger partial charge < -0.3 is 15.8 Å². The van der Waals surface area contributed by atoms with Crippen LogP contribution in [0.3, 0.4) is 0 Å². The van der Waals surface area contributed by atoms with Crippen LogP contribution in [0.5, 0.6) is 0 Å². The molecule has 24 heavy (non-hydrogen) atoms. The number of aliphatic hydroxyl groups is 1. The van der Waals surface area contributed by atoms with Crippen molar-refractivity contribution in [3.63, 3.8) is 0 Å². The first-order valence-corrected chi connectivity index (χ1v) is 8.00. The highest BCUT2D eigenvalue weighted by Crippen LogP contribution is 2.37. The minimum Gasteiger partial charge on any atom is -0.384 e. The maximum atomic E-state index is 14.1. The van der Waals surface area contributed by atoms with Crippen molar-refractivity contribution >= 4 is 11.6 Å². The number of aryl methyl sites for hydroxylation is 1. The summed E-state index contributed by atoms with van der Waals surface area (Å²) in [6.07, 6.45) is 0.721. The minimum absolute atomic E-state index is 0.212. The van der Waals surface area contributed by atoms with Crippen LogP contribution in [0.25, 0.3) is 11.1 Å². The fraction of sp³-hybridized carbons (Fsp3) is 0.158. The summed E-state index contributed by atoms with van der Waals surface area (Å²) in [4.78, 5) is 3.15. The molecule has 0 bridgehead atoms. The van der Waals surface area contributed by atoms with Gasteiger partial charge in [0.2, 0.25) is 0 Å². The van der Waals surface area contributed by atoms with Crippen molar-refractivity contribution in [2.75, 3.05) is 0 Å². The molecule has 4 N–H and O–H groups in total. The molecular weight excluding hydrogens is 327 g/mol. The smallest absolute Gasteiger partial charge is 0.129 e. The molecule has 1 unspecified atom stereocenters. The van der Waals surface area contributed by atoms with E-state index in [1.54, 1.807) is 30.3 Å². The predicted octanol–water partition coefficient (Wildman–Crippen LogP) is 4.32. The van der Waals surface area contributed by atoms with Crippen LogP contribution in [0, 0.1) is 12.7 Å². The summed E-state index contributed by atoms with van der Waals surface area (Å²) in [7, 11) is 0. The Morgan fingerprint density at radius 1 is 1.21 bits per heavy atom. The number of H-pyrrole nitrogens is 1. The fourth-order valence-electron chi connectivity index (χ4n) is 2.97. The quantitative estimate of drug-likeness (QED) is 0.660. The molecular formula is C19H18ClFN2O. The molecule has 0 saturated heterocycles. The van der Waals surface area contributed by atoms with Crippen LogP contribution in [-0.2, 0) is 6.54 Å². The number of aliphatic hydroxyl groups excluding tert-OH is 1. The Hall–Kier alpha value is -2.14. The number of hydrogen-bond acceptors (Lipinski definition) is 2. The molecule has 1 atom stereocenters. The Kier molecular flexibility index (Phi) is 4.71. The summed E-state index contributed by atoms with van der Waals surface area (Å²) in [5.74, 6) is -0.458. The number of benzene rings is 2. The van der Waals surface area contributed by atoms with Crippen molar-refractivity contribution in [2.24, 2.45) is 5.73 Å². The lowest BCUT2D eigenvalue weighted by atomic mass is 9.91. The first kappa shape index (κ1) is 16.7. The van der Waals surface area contributed by atoms with Gasteiger partial charge in [0.1, 0.15) is 11.9 Å². The van der Waals surface area contributed by atoms with E-state index in [2.05, 4.69) is 4.98 Å². The van der Waals surface area contributed by atoms with E-state index < -0.39 is 11.9 Å². The van der Waals surface area contributed by atoms with Gasteiger partial charge in [-0.2, -0.15) is 0 Å². The van der Waals surface area contributed by atoms with Gasteiger partial charge >= 0.3 is 0 Å². The van der Waals surface area contributed by atoms with Gasteiger partial charge in [-0.3, -0.25) is 0 Å². The largest absolute Gasteiger partial charge is 0.384 e. The topological polar surface area (TPSA) is 62.0 Å². The van der Waals surface area contributed by atoms with E-state index in [-0.39, 0.29) is 5.56 Å². The van der Waals surface area contributed by atoms with Gasteiger partial charge in [0.25, 0.3) is 0 Å². The van der Waals surface area contributed by atoms with Crippen molar-refractivity contribution in [3.8, 4) is 11.1 Å². The Labute approximate surface area is 144 Å². The average Bonchev–Trinajstić information content (AvgIpc) is 2.95. The number of rotatable bonds is 4. The second-order valence-electron chi connectivity index (χ2n) is 5.67. The lowest BCUT2D eigenvalue weighted by molar-refractivity contribution is 0.215. The zero-order valence-electron chi connectivity index (χ0n) is 13.2. The van der Waals surface area contributed by atoms with Crippen molar-refractivity contribution in [3.05, 3.63) is 81.9 Å². The van der Waals surface area contributed by atoms with Crippen LogP contribution < -0.4 is 5.73 Å². The third-order valence-electron chi connectivity index (χ3n) is 4.16. The van der Waals surface area contributed by atoms with E-state index in [0.29, 0.717) is 17.1 Å². The van der Waals surface area contributed by atoms with Crippen LogP contribution >= 0.6 is 11.6 Å². The summed E-state index contributed by atoms with van der Waals surface area (Å²) in [6.45, 7) is 2.29. The highest BCUT2D eigenvalue weighted by molar-refractivity contribution is 6.30. The summed E-state index contributed by atoms with van der Waals surface area (Å²) < 4.78 is 14.1. The molecule has 5 heteroatoms. The SMILES string of the molecule is Cc1[nH]cc(CN)c1-c1ccc(Cl)cc1C(O)c1ccccc1F. The third-order valence-corrected chi connectivity index (χ3v) is 4.39. The lowest BCUT2D eigenvalue weighted by Crippen LogP contribution is -2.06. The van der Waals surface area contributed by atoms with E-state index in [1.165, 1.54) is 6.07 Å². The molecule has 0 radical (unpaired) electrons. The molecule has 0 aliphatic heterocycles. The molecule has 3 rings (SSSR count). The van der Waals surface area contributed by atoms with Crippen molar-refractivity contribution < 1.29 is 9.50 Å². The summed E-state index contributed by atoms with van der Waals surface area (Å²) in [6, 6.07) is 11.4. The second kappa shape index (κ2) is 6.77. The summed E-state index contributed by atoms with van der Waals surface area (Å²) in [5, 5.41) is 11.3. The van der Waals surface area contributed by atoms with Gasteiger partial charge in [-0.1, -0.05) is 35.9 Å². The molecule has 1 heterocycles. The standard InChI is InChI=1S/C19H18ClFN2O/c1-11-18(12(9-22)10-23-11)14-7-6-13(20)8-16(14)19(24)15-4-2-3-5-17(15)21/h2-8,10,19,23-24H,9,22H2,1H3. The monoisotopic (exact) mass is 344 g/mol. The number of aromatic amines is 1.